The lowest BCUT2D eigenvalue weighted by atomic mass is 10.2. The summed E-state index contributed by atoms with van der Waals surface area (Å²) in [6.45, 7) is 2.37. The third-order valence-electron chi connectivity index (χ3n) is 3.95. The van der Waals surface area contributed by atoms with Crippen molar-refractivity contribution in [3.05, 3.63) is 71.5 Å². The predicted molar refractivity (Wildman–Crippen MR) is 107 cm³/mol. The fraction of sp³-hybridized carbons (Fsp3) is 0.100. The second-order valence-electron chi connectivity index (χ2n) is 6.13. The van der Waals surface area contributed by atoms with Crippen molar-refractivity contribution < 1.29 is 14.6 Å². The molecule has 0 fully saturated rings. The number of aromatic nitrogens is 3. The number of aromatic carboxylic acids is 1. The van der Waals surface area contributed by atoms with Gasteiger partial charge in [-0.1, -0.05) is 41.7 Å². The Hall–Kier alpha value is -3.52. The number of hydrogen-bond acceptors (Lipinski definition) is 7. The summed E-state index contributed by atoms with van der Waals surface area (Å²) in [5.74, 6) is 0.120. The summed E-state index contributed by atoms with van der Waals surface area (Å²) >= 11 is 1.32. The van der Waals surface area contributed by atoms with Crippen LogP contribution >= 0.6 is 11.3 Å². The number of fused-ring (bicyclic) bond motifs is 1. The second-order valence-corrected chi connectivity index (χ2v) is 7.11. The van der Waals surface area contributed by atoms with Crippen LogP contribution in [0.5, 0.6) is 5.75 Å². The van der Waals surface area contributed by atoms with Crippen LogP contribution in [0.15, 0.2) is 54.9 Å². The van der Waals surface area contributed by atoms with Crippen LogP contribution in [0.2, 0.25) is 0 Å². The molecular weight excluding hydrogens is 376 g/mol. The van der Waals surface area contributed by atoms with Gasteiger partial charge in [0, 0.05) is 12.4 Å². The number of anilines is 2. The average molecular weight is 392 g/mol. The normalized spacial score (nSPS) is 10.8. The molecule has 0 unspecified atom stereocenters. The van der Waals surface area contributed by atoms with E-state index in [1.807, 2.05) is 43.3 Å². The van der Waals surface area contributed by atoms with Crippen LogP contribution in [0.4, 0.5) is 10.9 Å². The SMILES string of the molecule is Cc1cnc(Nc2nc3cc(C(=O)O)cnc3s2)c(OCc2ccccc2)c1. The maximum absolute atomic E-state index is 11.1. The number of nitrogens with one attached hydrogen (secondary N) is 1. The van der Waals surface area contributed by atoms with E-state index in [1.165, 1.54) is 23.6 Å². The zero-order chi connectivity index (χ0) is 19.5. The molecule has 4 aromatic rings. The lowest BCUT2D eigenvalue weighted by Crippen LogP contribution is -2.01. The second kappa shape index (κ2) is 7.61. The van der Waals surface area contributed by atoms with E-state index >= 15 is 0 Å². The van der Waals surface area contributed by atoms with Crippen LogP contribution in [-0.2, 0) is 6.61 Å². The first-order valence-corrected chi connectivity index (χ1v) is 9.30. The fourth-order valence-corrected chi connectivity index (χ4v) is 3.37. The van der Waals surface area contributed by atoms with E-state index in [4.69, 9.17) is 9.84 Å². The third kappa shape index (κ3) is 3.91. The molecule has 0 spiro atoms. The predicted octanol–water partition coefficient (Wildman–Crippen LogP) is 4.42. The van der Waals surface area contributed by atoms with Crippen LogP contribution in [0, 0.1) is 6.92 Å². The minimum atomic E-state index is -1.03. The van der Waals surface area contributed by atoms with Gasteiger partial charge in [0.1, 0.15) is 17.0 Å². The monoisotopic (exact) mass is 392 g/mol. The van der Waals surface area contributed by atoms with Gasteiger partial charge in [0.05, 0.1) is 5.56 Å². The largest absolute Gasteiger partial charge is 0.485 e. The molecule has 0 aliphatic heterocycles. The van der Waals surface area contributed by atoms with Crippen molar-refractivity contribution >= 4 is 38.6 Å². The Bertz CT molecular complexity index is 1140. The zero-order valence-corrected chi connectivity index (χ0v) is 15.7. The smallest absolute Gasteiger partial charge is 0.337 e. The van der Waals surface area contributed by atoms with Gasteiger partial charge in [-0.2, -0.15) is 0 Å². The summed E-state index contributed by atoms with van der Waals surface area (Å²) in [6, 6.07) is 13.3. The molecule has 0 amide bonds. The van der Waals surface area contributed by atoms with Crippen molar-refractivity contribution in [3.8, 4) is 5.75 Å². The van der Waals surface area contributed by atoms with Crippen LogP contribution in [0.25, 0.3) is 10.3 Å². The molecule has 0 bridgehead atoms. The van der Waals surface area contributed by atoms with E-state index in [9.17, 15) is 4.79 Å². The molecular formula is C20H16N4O3S. The zero-order valence-electron chi connectivity index (χ0n) is 14.9. The minimum absolute atomic E-state index is 0.102. The van der Waals surface area contributed by atoms with Gasteiger partial charge in [0.15, 0.2) is 16.7 Å². The molecule has 8 heteroatoms. The van der Waals surface area contributed by atoms with E-state index in [0.717, 1.165) is 11.1 Å². The lowest BCUT2D eigenvalue weighted by molar-refractivity contribution is 0.0696. The maximum Gasteiger partial charge on any atom is 0.337 e. The molecule has 0 radical (unpaired) electrons. The van der Waals surface area contributed by atoms with Crippen LogP contribution in [0.3, 0.4) is 0 Å². The molecule has 0 atom stereocenters. The topological polar surface area (TPSA) is 97.2 Å². The third-order valence-corrected chi connectivity index (χ3v) is 4.84. The Morgan fingerprint density at radius 2 is 2.00 bits per heavy atom. The van der Waals surface area contributed by atoms with Gasteiger partial charge in [-0.15, -0.1) is 0 Å². The molecule has 0 aliphatic rings. The van der Waals surface area contributed by atoms with Crippen molar-refractivity contribution in [2.45, 2.75) is 13.5 Å². The number of ether oxygens (including phenoxy) is 1. The molecule has 4 rings (SSSR count). The van der Waals surface area contributed by atoms with E-state index in [2.05, 4.69) is 20.3 Å². The molecule has 3 aromatic heterocycles. The summed E-state index contributed by atoms with van der Waals surface area (Å²) in [6.07, 6.45) is 3.07. The highest BCUT2D eigenvalue weighted by Crippen LogP contribution is 2.31. The summed E-state index contributed by atoms with van der Waals surface area (Å²) < 4.78 is 5.96. The number of carboxylic acid groups (broad SMARTS) is 1. The number of nitrogens with zero attached hydrogens (tertiary/aromatic N) is 3. The molecule has 2 N–H and O–H groups in total. The van der Waals surface area contributed by atoms with Gasteiger partial charge in [-0.3, -0.25) is 0 Å². The highest BCUT2D eigenvalue weighted by atomic mass is 32.1. The average Bonchev–Trinajstić information content (AvgIpc) is 3.10. The van der Waals surface area contributed by atoms with Crippen molar-refractivity contribution in [2.75, 3.05) is 5.32 Å². The Morgan fingerprint density at radius 1 is 1.18 bits per heavy atom. The quantitative estimate of drug-likeness (QED) is 0.501. The molecule has 0 saturated carbocycles. The van der Waals surface area contributed by atoms with Gasteiger partial charge >= 0.3 is 5.97 Å². The number of rotatable bonds is 6. The first-order chi connectivity index (χ1) is 13.6. The maximum atomic E-state index is 11.1. The van der Waals surface area contributed by atoms with Gasteiger partial charge in [-0.05, 0) is 30.2 Å². The van der Waals surface area contributed by atoms with Gasteiger partial charge in [0.25, 0.3) is 0 Å². The number of benzene rings is 1. The first-order valence-electron chi connectivity index (χ1n) is 8.49. The van der Waals surface area contributed by atoms with Gasteiger partial charge in [0.2, 0.25) is 0 Å². The fourth-order valence-electron chi connectivity index (χ4n) is 2.58. The van der Waals surface area contributed by atoms with Gasteiger partial charge in [-0.25, -0.2) is 19.7 Å². The molecule has 0 saturated heterocycles. The van der Waals surface area contributed by atoms with E-state index in [1.54, 1.807) is 6.20 Å². The number of carboxylic acids is 1. The number of aryl methyl sites for hydroxylation is 1. The van der Waals surface area contributed by atoms with Crippen molar-refractivity contribution in [1.82, 2.24) is 15.0 Å². The first kappa shape index (κ1) is 17.9. The lowest BCUT2D eigenvalue weighted by Gasteiger charge is -2.12. The van der Waals surface area contributed by atoms with Crippen molar-refractivity contribution in [2.24, 2.45) is 0 Å². The minimum Gasteiger partial charge on any atom is -0.485 e. The number of hydrogen-bond donors (Lipinski definition) is 2. The Labute approximate surface area is 164 Å². The van der Waals surface area contributed by atoms with Crippen LogP contribution in [0.1, 0.15) is 21.5 Å². The Kier molecular flexibility index (Phi) is 4.86. The van der Waals surface area contributed by atoms with Crippen molar-refractivity contribution in [1.29, 1.82) is 0 Å². The number of pyridine rings is 2. The van der Waals surface area contributed by atoms with Crippen LogP contribution in [-0.4, -0.2) is 26.0 Å². The molecule has 3 heterocycles. The molecule has 1 aromatic carbocycles. The van der Waals surface area contributed by atoms with E-state index < -0.39 is 5.97 Å². The van der Waals surface area contributed by atoms with Crippen molar-refractivity contribution in [3.63, 3.8) is 0 Å². The molecule has 140 valence electrons. The highest BCUT2D eigenvalue weighted by Gasteiger charge is 2.13. The molecule has 0 aliphatic carbocycles. The Balaban J connectivity index is 1.59. The standard InChI is InChI=1S/C20H16N4O3S/c1-12-7-16(27-11-13-5-3-2-4-6-13)17(21-9-12)24-20-23-15-8-14(19(25)26)10-22-18(15)28-20/h2-10H,11H2,1H3,(H,25,26)(H,21,23,24). The summed E-state index contributed by atoms with van der Waals surface area (Å²) in [5, 5.41) is 12.8. The summed E-state index contributed by atoms with van der Waals surface area (Å²) in [7, 11) is 0. The van der Waals surface area contributed by atoms with E-state index in [0.29, 0.717) is 33.7 Å². The van der Waals surface area contributed by atoms with E-state index in [-0.39, 0.29) is 5.56 Å². The molecule has 7 nitrogen and oxygen atoms in total. The summed E-state index contributed by atoms with van der Waals surface area (Å²) in [5.41, 5.74) is 2.65. The molecule has 28 heavy (non-hydrogen) atoms. The van der Waals surface area contributed by atoms with Gasteiger partial charge < -0.3 is 15.2 Å². The Morgan fingerprint density at radius 3 is 2.79 bits per heavy atom. The number of carbonyl (C=O) groups is 1. The van der Waals surface area contributed by atoms with Crippen LogP contribution < -0.4 is 10.1 Å². The highest BCUT2D eigenvalue weighted by molar-refractivity contribution is 7.21. The number of thiazole rings is 1. The summed E-state index contributed by atoms with van der Waals surface area (Å²) in [4.78, 5) is 24.7.